The highest BCUT2D eigenvalue weighted by atomic mass is 19.3. The van der Waals surface area contributed by atoms with Crippen LogP contribution >= 0.6 is 0 Å². The lowest BCUT2D eigenvalue weighted by atomic mass is 9.84. The molecule has 6 amide bonds. The van der Waals surface area contributed by atoms with E-state index in [4.69, 9.17) is 34.4 Å². The number of pyridine rings is 1. The van der Waals surface area contributed by atoms with E-state index in [1.807, 2.05) is 45.8 Å². The van der Waals surface area contributed by atoms with E-state index in [1.54, 1.807) is 56.8 Å². The Bertz CT molecular complexity index is 4010. The summed E-state index contributed by atoms with van der Waals surface area (Å²) in [5, 5.41) is 8.41. The number of aryl methyl sites for hydroxylation is 1. The SMILES string of the molecule is CC(Nc1ccc2c(c1)OCCn1cc(N3C(=O)OCC3C(F)F)nc1-2)C(N)=O.CCn1c(-c2cccnc2C(C)OC)c2c3cc(ccc31)N1CCOC(CC(NC(=O)C(C(C)C)N(C)C(=O)C3(F)CCN(C(=O)C#CC(C)(C)N(C)C)CC3)C(=O)N3CCCC(N3)C(=O)OCC(C)(C)C2)C1. The lowest BCUT2D eigenvalue weighted by molar-refractivity contribution is -0.156. The molecule has 5 aromatic rings. The van der Waals surface area contributed by atoms with Crippen molar-refractivity contribution in [3.63, 3.8) is 0 Å². The Hall–Kier alpha value is -8.98. The van der Waals surface area contributed by atoms with Crippen LogP contribution in [0.15, 0.2) is 60.9 Å². The minimum Gasteiger partial charge on any atom is -0.491 e. The molecule has 7 unspecified atom stereocenters. The molecule has 4 saturated heterocycles. The van der Waals surface area contributed by atoms with Gasteiger partial charge in [0.2, 0.25) is 11.8 Å². The van der Waals surface area contributed by atoms with Crippen LogP contribution in [0.4, 0.5) is 35.2 Å². The molecule has 6 aliphatic heterocycles. The van der Waals surface area contributed by atoms with Gasteiger partial charge < -0.3 is 63.9 Å². The van der Waals surface area contributed by atoms with Crippen LogP contribution in [0.5, 0.6) is 5.75 Å². The molecule has 26 nitrogen and oxygen atoms in total. The summed E-state index contributed by atoms with van der Waals surface area (Å²) >= 11 is 0. The third-order valence-electron chi connectivity index (χ3n) is 20.2. The Balaban J connectivity index is 0.000000319. The van der Waals surface area contributed by atoms with E-state index in [0.29, 0.717) is 81.5 Å². The number of nitrogens with one attached hydrogen (secondary N) is 3. The number of rotatable bonds is 15. The number of imidazole rings is 1. The topological polar surface area (TPSA) is 283 Å². The molecule has 6 aliphatic rings. The summed E-state index contributed by atoms with van der Waals surface area (Å²) in [5.41, 5.74) is 12.2. The molecule has 11 rings (SSSR count). The standard InChI is InChI=1S/C55H78FN9O8.C18H19F2N5O4/c1-13-64-44-19-18-37-30-40(44)41(48(64)39-16-14-24-57-46(39)36(4)71-12)32-53(5,6)34-73-51(69)42-17-15-25-65(59-42)50(68)43(31-38-33-63(37)28-29-72-38)58-49(67)47(35(2)3)61(11)52(70)55(56)22-26-62(27-23-55)45(66)20-21-54(7,8)60(9)10;1-9(16(21)26)22-10-2-3-11-13(6-10)28-5-4-24-7-14(23-17(11)24)25-12(15(19)20)8-29-18(25)27/h14,16,18-19,24,30,35-36,38,42-43,47,59H,13,15,17,22-23,25-29,31-34H2,1-12H3,(H,58,67);2-3,6-7,9,12,15,22H,4-5,8H2,1H3,(H2,21,26). The Morgan fingerprint density at radius 3 is 2.37 bits per heavy atom. The Kier molecular flexibility index (Phi) is 23.2. The number of cyclic esters (lactones) is 2. The molecule has 0 radical (unpaired) electrons. The minimum absolute atomic E-state index is 0.0172. The maximum atomic E-state index is 16.8. The number of nitrogens with two attached hydrogens (primary N) is 1. The van der Waals surface area contributed by atoms with Crippen molar-refractivity contribution >= 4 is 69.7 Å². The number of primary amides is 1. The van der Waals surface area contributed by atoms with Gasteiger partial charge in [0.05, 0.1) is 54.5 Å². The summed E-state index contributed by atoms with van der Waals surface area (Å²) in [4.78, 5) is 111. The third-order valence-corrected chi connectivity index (χ3v) is 20.2. The maximum Gasteiger partial charge on any atom is 0.416 e. The van der Waals surface area contributed by atoms with Crippen LogP contribution in [0.1, 0.15) is 112 Å². The van der Waals surface area contributed by atoms with Crippen molar-refractivity contribution in [3.8, 4) is 40.2 Å². The van der Waals surface area contributed by atoms with Gasteiger partial charge in [0.15, 0.2) is 11.5 Å². The summed E-state index contributed by atoms with van der Waals surface area (Å²) in [5.74, 6) is 2.87. The molecule has 0 saturated carbocycles. The van der Waals surface area contributed by atoms with Gasteiger partial charge in [-0.05, 0) is 128 Å². The van der Waals surface area contributed by atoms with Crippen LogP contribution in [-0.4, -0.2) is 222 Å². The molecule has 9 heterocycles. The van der Waals surface area contributed by atoms with Gasteiger partial charge in [-0.15, -0.1) is 0 Å². The molecular weight excluding hydrogens is 1320 g/mol. The zero-order valence-electron chi connectivity index (χ0n) is 60.6. The van der Waals surface area contributed by atoms with Crippen LogP contribution in [0.2, 0.25) is 0 Å². The van der Waals surface area contributed by atoms with E-state index in [-0.39, 0.29) is 64.0 Å². The first-order valence-corrected chi connectivity index (χ1v) is 35.0. The number of likely N-dealkylation sites (N-methyl/N-ethyl adjacent to an activating group) is 1. The number of anilines is 3. The summed E-state index contributed by atoms with van der Waals surface area (Å²) in [6.45, 7) is 20.0. The van der Waals surface area contributed by atoms with Crippen LogP contribution in [-0.2, 0) is 67.2 Å². The predicted molar refractivity (Wildman–Crippen MR) is 377 cm³/mol. The molecule has 4 fully saturated rings. The first-order chi connectivity index (χ1) is 48.3. The van der Waals surface area contributed by atoms with Crippen molar-refractivity contribution in [1.82, 2.24) is 49.6 Å². The fourth-order valence-electron chi connectivity index (χ4n) is 13.8. The molecule has 7 atom stereocenters. The van der Waals surface area contributed by atoms with E-state index in [2.05, 4.69) is 87.4 Å². The lowest BCUT2D eigenvalue weighted by Crippen LogP contribution is -2.63. The van der Waals surface area contributed by atoms with E-state index >= 15 is 4.39 Å². The first-order valence-electron chi connectivity index (χ1n) is 35.0. The number of hydrazine groups is 1. The van der Waals surface area contributed by atoms with Crippen molar-refractivity contribution in [1.29, 1.82) is 0 Å². The van der Waals surface area contributed by atoms with Crippen molar-refractivity contribution in [3.05, 3.63) is 72.2 Å². The number of hydrogen-bond donors (Lipinski definition) is 4. The quantitative estimate of drug-likeness (QED) is 0.0600. The van der Waals surface area contributed by atoms with Gasteiger partial charge >= 0.3 is 12.1 Å². The summed E-state index contributed by atoms with van der Waals surface area (Å²) in [7, 11) is 6.82. The molecule has 29 heteroatoms. The largest absolute Gasteiger partial charge is 0.491 e. The number of alkyl halides is 3. The number of amides is 6. The number of carbonyl (C=O) groups excluding carboxylic acids is 7. The average molecular weight is 1420 g/mol. The highest BCUT2D eigenvalue weighted by Crippen LogP contribution is 2.43. The second-order valence-electron chi connectivity index (χ2n) is 28.9. The summed E-state index contributed by atoms with van der Waals surface area (Å²) in [6.07, 6.45) is -0.0153. The van der Waals surface area contributed by atoms with Gasteiger partial charge in [0.1, 0.15) is 55.0 Å². The predicted octanol–water partition coefficient (Wildman–Crippen LogP) is 7.11. The van der Waals surface area contributed by atoms with Crippen molar-refractivity contribution in [2.75, 3.05) is 103 Å². The number of nitrogens with zero attached hydrogens (tertiary/aromatic N) is 10. The van der Waals surface area contributed by atoms with E-state index in [9.17, 15) is 42.3 Å². The number of esters is 1. The minimum atomic E-state index is -2.75. The number of ether oxygens (including phenoxy) is 5. The molecule has 0 aliphatic carbocycles. The number of likely N-dealkylation sites (tertiary alicyclic amines) is 1. The number of halogens is 3. The smallest absolute Gasteiger partial charge is 0.416 e. The molecule has 552 valence electrons. The van der Waals surface area contributed by atoms with Gasteiger partial charge in [-0.2, -0.15) is 0 Å². The van der Waals surface area contributed by atoms with Crippen molar-refractivity contribution in [2.24, 2.45) is 17.1 Å². The number of piperidine rings is 1. The van der Waals surface area contributed by atoms with Gasteiger partial charge in [0.25, 0.3) is 24.1 Å². The number of hydrogen-bond acceptors (Lipinski definition) is 18. The monoisotopic (exact) mass is 1420 g/mol. The fraction of sp³-hybridized carbons (Fsp3) is 0.575. The lowest BCUT2D eigenvalue weighted by Gasteiger charge is -2.41. The number of benzene rings is 2. The second-order valence-corrected chi connectivity index (χ2v) is 28.9. The second kappa shape index (κ2) is 31.3. The van der Waals surface area contributed by atoms with E-state index in [0.717, 1.165) is 48.9 Å². The number of methoxy groups -OCH3 is 1. The number of carbonyl (C=O) groups is 7. The van der Waals surface area contributed by atoms with Crippen molar-refractivity contribution < 1.29 is 70.4 Å². The van der Waals surface area contributed by atoms with Gasteiger partial charge in [-0.3, -0.25) is 43.7 Å². The molecule has 3 aromatic heterocycles. The molecule has 102 heavy (non-hydrogen) atoms. The molecule has 6 bridgehead atoms. The van der Waals surface area contributed by atoms with Crippen molar-refractivity contribution in [2.45, 2.75) is 174 Å². The van der Waals surface area contributed by atoms with Gasteiger partial charge in [-0.1, -0.05) is 33.6 Å². The number of morpholine rings is 1. The highest BCUT2D eigenvalue weighted by Gasteiger charge is 2.48. The molecule has 0 spiro atoms. The average Bonchev–Trinajstić information content (AvgIpc) is 1.60. The molecular formula is C73H97F3N14O12. The number of fused-ring (bicyclic) bond motifs is 9. The van der Waals surface area contributed by atoms with Crippen LogP contribution in [0.3, 0.4) is 0 Å². The zero-order chi connectivity index (χ0) is 73.9. The van der Waals surface area contributed by atoms with E-state index in [1.165, 1.54) is 23.2 Å². The Morgan fingerprint density at radius 1 is 0.941 bits per heavy atom. The number of aromatic nitrogens is 4. The van der Waals surface area contributed by atoms with Crippen LogP contribution < -0.4 is 36.3 Å². The van der Waals surface area contributed by atoms with Crippen LogP contribution in [0.25, 0.3) is 33.5 Å². The normalized spacial score (nSPS) is 21.5. The summed E-state index contributed by atoms with van der Waals surface area (Å²) in [6, 6.07) is 10.6. The fourth-order valence-corrected chi connectivity index (χ4v) is 13.8. The first kappa shape index (κ1) is 75.7. The highest BCUT2D eigenvalue weighted by molar-refractivity contribution is 5.97. The summed E-state index contributed by atoms with van der Waals surface area (Å²) < 4.78 is 76.3. The van der Waals surface area contributed by atoms with E-state index < -0.39 is 107 Å². The third kappa shape index (κ3) is 16.4. The molecule has 2 aromatic carbocycles. The Morgan fingerprint density at radius 2 is 1.69 bits per heavy atom. The van der Waals surface area contributed by atoms with Gasteiger partial charge in [0, 0.05) is 124 Å². The zero-order valence-corrected chi connectivity index (χ0v) is 60.6. The Labute approximate surface area is 593 Å². The van der Waals surface area contributed by atoms with Crippen LogP contribution in [0, 0.1) is 23.2 Å². The molecule has 5 N–H and O–H groups in total. The van der Waals surface area contributed by atoms with Gasteiger partial charge in [-0.25, -0.2) is 33.3 Å². The maximum absolute atomic E-state index is 16.8.